The van der Waals surface area contributed by atoms with Gasteiger partial charge in [0.15, 0.2) is 5.96 Å². The Hall–Kier alpha value is -2.29. The van der Waals surface area contributed by atoms with E-state index in [1.807, 2.05) is 6.20 Å². The summed E-state index contributed by atoms with van der Waals surface area (Å²) in [5, 5.41) is 7.15. The van der Waals surface area contributed by atoms with Gasteiger partial charge in [-0.25, -0.2) is 4.98 Å². The van der Waals surface area contributed by atoms with Gasteiger partial charge in [0.25, 0.3) is 0 Å². The van der Waals surface area contributed by atoms with Crippen molar-refractivity contribution in [1.82, 2.24) is 15.6 Å². The zero-order chi connectivity index (χ0) is 19.0. The second-order valence-corrected chi connectivity index (χ2v) is 6.53. The molecule has 9 heteroatoms. The van der Waals surface area contributed by atoms with Crippen LogP contribution in [0.1, 0.15) is 22.4 Å². The van der Waals surface area contributed by atoms with E-state index < -0.39 is 6.36 Å². The Morgan fingerprint density at radius 2 is 2.04 bits per heavy atom. The number of thiazole rings is 1. The molecule has 1 heterocycles. The van der Waals surface area contributed by atoms with Crippen molar-refractivity contribution in [3.8, 4) is 5.75 Å². The van der Waals surface area contributed by atoms with E-state index in [0.717, 1.165) is 17.8 Å². The zero-order valence-electron chi connectivity index (χ0n) is 14.6. The van der Waals surface area contributed by atoms with Crippen molar-refractivity contribution in [2.75, 3.05) is 13.6 Å². The number of alkyl halides is 3. The van der Waals surface area contributed by atoms with Gasteiger partial charge in [-0.1, -0.05) is 25.1 Å². The number of hydrogen-bond donors (Lipinski definition) is 2. The highest BCUT2D eigenvalue weighted by Crippen LogP contribution is 2.26. The summed E-state index contributed by atoms with van der Waals surface area (Å²) >= 11 is 1.68. The van der Waals surface area contributed by atoms with Crippen LogP contribution >= 0.6 is 11.3 Å². The predicted octanol–water partition coefficient (Wildman–Crippen LogP) is 3.51. The van der Waals surface area contributed by atoms with Crippen LogP contribution in [-0.2, 0) is 19.4 Å². The first kappa shape index (κ1) is 20.0. The predicted molar refractivity (Wildman–Crippen MR) is 96.5 cm³/mol. The van der Waals surface area contributed by atoms with Crippen molar-refractivity contribution in [3.05, 3.63) is 45.9 Å². The van der Waals surface area contributed by atoms with Gasteiger partial charge in [-0.05, 0) is 12.5 Å². The first-order valence-electron chi connectivity index (χ1n) is 8.13. The SMILES string of the molecule is CCc1cnc(CCNC(=NC)NCc2ccccc2OC(F)(F)F)s1. The Balaban J connectivity index is 1.85. The Kier molecular flexibility index (Phi) is 7.26. The fourth-order valence-electron chi connectivity index (χ4n) is 2.19. The molecule has 0 amide bonds. The molecule has 0 aliphatic rings. The maximum Gasteiger partial charge on any atom is 0.573 e. The third-order valence-corrected chi connectivity index (χ3v) is 4.65. The van der Waals surface area contributed by atoms with Crippen molar-refractivity contribution in [3.63, 3.8) is 0 Å². The molecule has 2 N–H and O–H groups in total. The normalized spacial score (nSPS) is 12.1. The van der Waals surface area contributed by atoms with Crippen LogP contribution in [0.2, 0.25) is 0 Å². The Morgan fingerprint density at radius 3 is 2.69 bits per heavy atom. The molecule has 26 heavy (non-hydrogen) atoms. The number of benzene rings is 1. The summed E-state index contributed by atoms with van der Waals surface area (Å²) in [6.07, 6.45) is -1.13. The average Bonchev–Trinajstić information content (AvgIpc) is 3.05. The monoisotopic (exact) mass is 386 g/mol. The van der Waals surface area contributed by atoms with E-state index in [1.165, 1.54) is 17.0 Å². The molecule has 0 spiro atoms. The van der Waals surface area contributed by atoms with Crippen LogP contribution in [0, 0.1) is 0 Å². The molecule has 2 rings (SSSR count). The lowest BCUT2D eigenvalue weighted by Gasteiger charge is -2.15. The molecule has 1 aromatic carbocycles. The highest BCUT2D eigenvalue weighted by Gasteiger charge is 2.31. The van der Waals surface area contributed by atoms with Crippen LogP contribution in [0.5, 0.6) is 5.75 Å². The standard InChI is InChI=1S/C17H21F3N4OS/c1-3-13-11-23-15(26-13)8-9-22-16(21-2)24-10-12-6-4-5-7-14(12)25-17(18,19)20/h4-7,11H,3,8-10H2,1-2H3,(H2,21,22,24). The van der Waals surface area contributed by atoms with E-state index in [-0.39, 0.29) is 12.3 Å². The summed E-state index contributed by atoms with van der Waals surface area (Å²) in [4.78, 5) is 9.66. The molecule has 1 aromatic heterocycles. The van der Waals surface area contributed by atoms with Crippen LogP contribution < -0.4 is 15.4 Å². The van der Waals surface area contributed by atoms with Gasteiger partial charge >= 0.3 is 6.36 Å². The molecule has 142 valence electrons. The van der Waals surface area contributed by atoms with Crippen LogP contribution in [0.4, 0.5) is 13.2 Å². The summed E-state index contributed by atoms with van der Waals surface area (Å²) in [6.45, 7) is 2.86. The minimum Gasteiger partial charge on any atom is -0.405 e. The molecule has 0 aliphatic heterocycles. The van der Waals surface area contributed by atoms with Crippen molar-refractivity contribution in [2.24, 2.45) is 4.99 Å². The van der Waals surface area contributed by atoms with Gasteiger partial charge in [0.05, 0.1) is 5.01 Å². The third-order valence-electron chi connectivity index (χ3n) is 3.45. The Labute approximate surface area is 154 Å². The summed E-state index contributed by atoms with van der Waals surface area (Å²) in [6, 6.07) is 6.01. The summed E-state index contributed by atoms with van der Waals surface area (Å²) in [7, 11) is 1.60. The number of aryl methyl sites for hydroxylation is 1. The number of guanidine groups is 1. The Bertz CT molecular complexity index is 731. The summed E-state index contributed by atoms with van der Waals surface area (Å²) < 4.78 is 41.4. The lowest BCUT2D eigenvalue weighted by atomic mass is 10.2. The lowest BCUT2D eigenvalue weighted by Crippen LogP contribution is -2.38. The summed E-state index contributed by atoms with van der Waals surface area (Å²) in [5.74, 6) is 0.275. The van der Waals surface area contributed by atoms with Crippen LogP contribution in [0.3, 0.4) is 0 Å². The highest BCUT2D eigenvalue weighted by molar-refractivity contribution is 7.11. The van der Waals surface area contributed by atoms with Gasteiger partial charge in [-0.15, -0.1) is 24.5 Å². The molecule has 2 aromatic rings. The van der Waals surface area contributed by atoms with Crippen LogP contribution in [0.15, 0.2) is 35.5 Å². The molecule has 5 nitrogen and oxygen atoms in total. The number of nitrogens with zero attached hydrogens (tertiary/aromatic N) is 2. The fourth-order valence-corrected chi connectivity index (χ4v) is 3.05. The molecular weight excluding hydrogens is 365 g/mol. The molecule has 0 radical (unpaired) electrons. The quantitative estimate of drug-likeness (QED) is 0.565. The number of para-hydroxylation sites is 1. The van der Waals surface area contributed by atoms with E-state index in [4.69, 9.17) is 0 Å². The molecule has 0 aliphatic carbocycles. The summed E-state index contributed by atoms with van der Waals surface area (Å²) in [5.41, 5.74) is 0.389. The molecule has 0 fully saturated rings. The molecule has 0 atom stereocenters. The van der Waals surface area contributed by atoms with E-state index >= 15 is 0 Å². The Morgan fingerprint density at radius 1 is 1.27 bits per heavy atom. The van der Waals surface area contributed by atoms with Gasteiger partial charge in [0.1, 0.15) is 5.75 Å². The van der Waals surface area contributed by atoms with Gasteiger partial charge in [0, 0.05) is 43.2 Å². The minimum atomic E-state index is -4.72. The van der Waals surface area contributed by atoms with Gasteiger partial charge in [-0.3, -0.25) is 4.99 Å². The van der Waals surface area contributed by atoms with Gasteiger partial charge < -0.3 is 15.4 Å². The smallest absolute Gasteiger partial charge is 0.405 e. The number of nitrogens with one attached hydrogen (secondary N) is 2. The highest BCUT2D eigenvalue weighted by atomic mass is 32.1. The van der Waals surface area contributed by atoms with Crippen molar-refractivity contribution < 1.29 is 17.9 Å². The van der Waals surface area contributed by atoms with Crippen LogP contribution in [-0.4, -0.2) is 30.9 Å². The maximum atomic E-state index is 12.5. The molecule has 0 unspecified atom stereocenters. The molecule has 0 saturated heterocycles. The number of aromatic nitrogens is 1. The average molecular weight is 386 g/mol. The number of ether oxygens (including phenoxy) is 1. The lowest BCUT2D eigenvalue weighted by molar-refractivity contribution is -0.274. The fraction of sp³-hybridized carbons (Fsp3) is 0.412. The van der Waals surface area contributed by atoms with Gasteiger partial charge in [0.2, 0.25) is 0 Å². The van der Waals surface area contributed by atoms with E-state index in [1.54, 1.807) is 30.5 Å². The number of hydrogen-bond acceptors (Lipinski definition) is 4. The number of rotatable bonds is 7. The molecular formula is C17H21F3N4OS. The second-order valence-electron chi connectivity index (χ2n) is 5.33. The number of halogens is 3. The maximum absolute atomic E-state index is 12.5. The van der Waals surface area contributed by atoms with Crippen LogP contribution in [0.25, 0.3) is 0 Å². The molecule has 0 bridgehead atoms. The minimum absolute atomic E-state index is 0.156. The van der Waals surface area contributed by atoms with Gasteiger partial charge in [-0.2, -0.15) is 0 Å². The second kappa shape index (κ2) is 9.42. The third kappa shape index (κ3) is 6.55. The van der Waals surface area contributed by atoms with E-state index in [2.05, 4.69) is 32.3 Å². The molecule has 0 saturated carbocycles. The van der Waals surface area contributed by atoms with Crippen molar-refractivity contribution >= 4 is 17.3 Å². The largest absolute Gasteiger partial charge is 0.573 e. The topological polar surface area (TPSA) is 58.5 Å². The van der Waals surface area contributed by atoms with Crippen molar-refractivity contribution in [1.29, 1.82) is 0 Å². The zero-order valence-corrected chi connectivity index (χ0v) is 15.4. The van der Waals surface area contributed by atoms with E-state index in [0.29, 0.717) is 18.1 Å². The first-order valence-corrected chi connectivity index (χ1v) is 8.94. The van der Waals surface area contributed by atoms with E-state index in [9.17, 15) is 13.2 Å². The van der Waals surface area contributed by atoms with Crippen molar-refractivity contribution in [2.45, 2.75) is 32.7 Å². The first-order chi connectivity index (χ1) is 12.4. The number of aliphatic imine (C=N–C) groups is 1.